The van der Waals surface area contributed by atoms with Crippen molar-refractivity contribution in [3.8, 4) is 0 Å². The van der Waals surface area contributed by atoms with E-state index in [9.17, 15) is 4.79 Å². The maximum Gasteiger partial charge on any atom is 0.241 e. The van der Waals surface area contributed by atoms with Crippen LogP contribution in [0.15, 0.2) is 0 Å². The summed E-state index contributed by atoms with van der Waals surface area (Å²) >= 11 is 0. The van der Waals surface area contributed by atoms with Crippen LogP contribution in [-0.2, 0) is 4.79 Å². The lowest BCUT2D eigenvalue weighted by Gasteiger charge is -2.31. The van der Waals surface area contributed by atoms with Crippen molar-refractivity contribution in [2.75, 3.05) is 0 Å². The predicted octanol–water partition coefficient (Wildman–Crippen LogP) is 3.54. The topological polar surface area (TPSA) is 32.3 Å². The number of hydrogen-bond acceptors (Lipinski definition) is 2. The summed E-state index contributed by atoms with van der Waals surface area (Å²) in [6.45, 7) is 11.0. The number of unbranched alkanes of at least 4 members (excludes halogenated alkanes) is 1. The first-order valence-electron chi connectivity index (χ1n) is 8.09. The Bertz CT molecular complexity index is 278. The van der Waals surface area contributed by atoms with Gasteiger partial charge in [-0.3, -0.25) is 10.1 Å². The van der Waals surface area contributed by atoms with Crippen LogP contribution in [0.25, 0.3) is 0 Å². The fourth-order valence-corrected chi connectivity index (χ4v) is 3.00. The van der Waals surface area contributed by atoms with Gasteiger partial charge in [0.1, 0.15) is 0 Å². The molecule has 0 aliphatic carbocycles. The Morgan fingerprint density at radius 2 is 1.89 bits per heavy atom. The molecule has 1 saturated heterocycles. The fraction of sp³-hybridized carbons (Fsp3) is 0.938. The van der Waals surface area contributed by atoms with E-state index in [4.69, 9.17) is 0 Å². The molecule has 1 fully saturated rings. The number of nitrogens with one attached hydrogen (secondary N) is 1. The second kappa shape index (κ2) is 7.88. The molecule has 1 heterocycles. The van der Waals surface area contributed by atoms with Crippen LogP contribution < -0.4 is 5.32 Å². The molecule has 3 nitrogen and oxygen atoms in total. The monoisotopic (exact) mass is 268 g/mol. The van der Waals surface area contributed by atoms with E-state index in [0.717, 1.165) is 25.7 Å². The SMILES string of the molecule is CCCCC(C)N1C(=O)C(CCC)NC1CC(C)C. The van der Waals surface area contributed by atoms with Crippen molar-refractivity contribution in [2.24, 2.45) is 5.92 Å². The molecule has 19 heavy (non-hydrogen) atoms. The summed E-state index contributed by atoms with van der Waals surface area (Å²) in [7, 11) is 0. The Balaban J connectivity index is 2.72. The molecule has 3 unspecified atom stereocenters. The Morgan fingerprint density at radius 1 is 1.21 bits per heavy atom. The Kier molecular flexibility index (Phi) is 6.84. The molecule has 0 spiro atoms. The van der Waals surface area contributed by atoms with Gasteiger partial charge in [-0.15, -0.1) is 0 Å². The maximum absolute atomic E-state index is 12.6. The summed E-state index contributed by atoms with van der Waals surface area (Å²) in [5.74, 6) is 0.947. The summed E-state index contributed by atoms with van der Waals surface area (Å²) in [6.07, 6.45) is 6.86. The summed E-state index contributed by atoms with van der Waals surface area (Å²) < 4.78 is 0. The molecule has 0 radical (unpaired) electrons. The largest absolute Gasteiger partial charge is 0.323 e. The van der Waals surface area contributed by atoms with Crippen LogP contribution >= 0.6 is 0 Å². The standard InChI is InChI=1S/C16H32N2O/c1-6-8-10-13(5)18-15(11-12(3)4)17-14(9-7-2)16(18)19/h12-15,17H,6-11H2,1-5H3. The number of carbonyl (C=O) groups is 1. The summed E-state index contributed by atoms with van der Waals surface area (Å²) in [6, 6.07) is 0.420. The lowest BCUT2D eigenvalue weighted by molar-refractivity contribution is -0.132. The number of carbonyl (C=O) groups excluding carboxylic acids is 1. The van der Waals surface area contributed by atoms with Crippen molar-refractivity contribution >= 4 is 5.91 Å². The van der Waals surface area contributed by atoms with E-state index in [2.05, 4.69) is 44.8 Å². The molecule has 1 amide bonds. The lowest BCUT2D eigenvalue weighted by atomic mass is 10.1. The Morgan fingerprint density at radius 3 is 2.42 bits per heavy atom. The highest BCUT2D eigenvalue weighted by molar-refractivity contribution is 5.84. The first-order chi connectivity index (χ1) is 9.01. The predicted molar refractivity (Wildman–Crippen MR) is 80.9 cm³/mol. The Labute approximate surface area is 119 Å². The van der Waals surface area contributed by atoms with Crippen LogP contribution in [0, 0.1) is 5.92 Å². The average Bonchev–Trinajstić information content (AvgIpc) is 2.63. The van der Waals surface area contributed by atoms with E-state index in [0.29, 0.717) is 17.9 Å². The highest BCUT2D eigenvalue weighted by atomic mass is 16.2. The molecule has 112 valence electrons. The number of amides is 1. The maximum atomic E-state index is 12.6. The van der Waals surface area contributed by atoms with Gasteiger partial charge in [-0.05, 0) is 32.1 Å². The fourth-order valence-electron chi connectivity index (χ4n) is 3.00. The minimum Gasteiger partial charge on any atom is -0.323 e. The van der Waals surface area contributed by atoms with Crippen molar-refractivity contribution in [1.29, 1.82) is 0 Å². The molecule has 1 rings (SSSR count). The number of nitrogens with zero attached hydrogens (tertiary/aromatic N) is 1. The van der Waals surface area contributed by atoms with Crippen molar-refractivity contribution in [1.82, 2.24) is 10.2 Å². The van der Waals surface area contributed by atoms with Crippen LogP contribution in [0.3, 0.4) is 0 Å². The summed E-state index contributed by atoms with van der Waals surface area (Å²) in [5.41, 5.74) is 0. The first-order valence-corrected chi connectivity index (χ1v) is 8.09. The third-order valence-corrected chi connectivity index (χ3v) is 4.00. The quantitative estimate of drug-likeness (QED) is 0.730. The molecule has 0 bridgehead atoms. The summed E-state index contributed by atoms with van der Waals surface area (Å²) in [4.78, 5) is 14.7. The third kappa shape index (κ3) is 4.48. The van der Waals surface area contributed by atoms with Gasteiger partial charge in [-0.25, -0.2) is 0 Å². The van der Waals surface area contributed by atoms with Gasteiger partial charge >= 0.3 is 0 Å². The van der Waals surface area contributed by atoms with Crippen LogP contribution in [0.1, 0.15) is 73.1 Å². The molecule has 3 heteroatoms. The van der Waals surface area contributed by atoms with Crippen molar-refractivity contribution < 1.29 is 4.79 Å². The third-order valence-electron chi connectivity index (χ3n) is 4.00. The smallest absolute Gasteiger partial charge is 0.241 e. The van der Waals surface area contributed by atoms with E-state index >= 15 is 0 Å². The molecule has 0 aromatic carbocycles. The van der Waals surface area contributed by atoms with E-state index < -0.39 is 0 Å². The van der Waals surface area contributed by atoms with Gasteiger partial charge in [-0.1, -0.05) is 47.0 Å². The minimum atomic E-state index is 0.0535. The van der Waals surface area contributed by atoms with E-state index in [-0.39, 0.29) is 12.2 Å². The normalized spacial score (nSPS) is 25.4. The highest BCUT2D eigenvalue weighted by Crippen LogP contribution is 2.24. The summed E-state index contributed by atoms with van der Waals surface area (Å²) in [5, 5.41) is 3.56. The molecule has 0 saturated carbocycles. The van der Waals surface area contributed by atoms with E-state index in [1.807, 2.05) is 0 Å². The van der Waals surface area contributed by atoms with Crippen molar-refractivity contribution in [3.05, 3.63) is 0 Å². The van der Waals surface area contributed by atoms with Gasteiger partial charge in [0.2, 0.25) is 5.91 Å². The van der Waals surface area contributed by atoms with E-state index in [1.165, 1.54) is 12.8 Å². The van der Waals surface area contributed by atoms with Crippen LogP contribution in [0.5, 0.6) is 0 Å². The van der Waals surface area contributed by atoms with Gasteiger partial charge in [0.15, 0.2) is 0 Å². The number of hydrogen-bond donors (Lipinski definition) is 1. The molecular formula is C16H32N2O. The molecule has 1 N–H and O–H groups in total. The van der Waals surface area contributed by atoms with E-state index in [1.54, 1.807) is 0 Å². The minimum absolute atomic E-state index is 0.0535. The van der Waals surface area contributed by atoms with Crippen molar-refractivity contribution in [3.63, 3.8) is 0 Å². The van der Waals surface area contributed by atoms with Crippen LogP contribution in [0.4, 0.5) is 0 Å². The first kappa shape index (κ1) is 16.5. The Hall–Kier alpha value is -0.570. The van der Waals surface area contributed by atoms with Crippen LogP contribution in [-0.4, -0.2) is 29.1 Å². The average molecular weight is 268 g/mol. The second-order valence-corrected chi connectivity index (χ2v) is 6.39. The molecule has 0 aromatic rings. The zero-order valence-electron chi connectivity index (χ0n) is 13.4. The van der Waals surface area contributed by atoms with Gasteiger partial charge in [-0.2, -0.15) is 0 Å². The lowest BCUT2D eigenvalue weighted by Crippen LogP contribution is -2.44. The number of rotatable bonds is 8. The second-order valence-electron chi connectivity index (χ2n) is 6.39. The molecule has 1 aliphatic rings. The zero-order chi connectivity index (χ0) is 14.4. The van der Waals surface area contributed by atoms with Gasteiger partial charge in [0, 0.05) is 6.04 Å². The zero-order valence-corrected chi connectivity index (χ0v) is 13.4. The molecule has 0 aromatic heterocycles. The van der Waals surface area contributed by atoms with Crippen molar-refractivity contribution in [2.45, 2.75) is 91.4 Å². The molecular weight excluding hydrogens is 236 g/mol. The van der Waals surface area contributed by atoms with Gasteiger partial charge in [0.05, 0.1) is 12.2 Å². The van der Waals surface area contributed by atoms with Crippen LogP contribution in [0.2, 0.25) is 0 Å². The van der Waals surface area contributed by atoms with Gasteiger partial charge in [0.25, 0.3) is 0 Å². The highest BCUT2D eigenvalue weighted by Gasteiger charge is 2.40. The molecule has 3 atom stereocenters. The molecule has 1 aliphatic heterocycles. The van der Waals surface area contributed by atoms with Gasteiger partial charge < -0.3 is 4.90 Å².